The molecule has 1 aliphatic heterocycles. The highest BCUT2D eigenvalue weighted by molar-refractivity contribution is 5.85. The van der Waals surface area contributed by atoms with Crippen LogP contribution in [0.4, 0.5) is 0 Å². The molecular weight excluding hydrogens is 298 g/mol. The summed E-state index contributed by atoms with van der Waals surface area (Å²) in [6.45, 7) is 0.432. The lowest BCUT2D eigenvalue weighted by Gasteiger charge is -2.29. The largest absolute Gasteiger partial charge is 0.319 e. The Morgan fingerprint density at radius 1 is 1.08 bits per heavy atom. The number of hydrogen-bond acceptors (Lipinski definition) is 3. The minimum Gasteiger partial charge on any atom is -0.319 e. The number of amides is 1. The van der Waals surface area contributed by atoms with Crippen molar-refractivity contribution in [3.63, 3.8) is 0 Å². The minimum absolute atomic E-state index is 0.204. The van der Waals surface area contributed by atoms with E-state index < -0.39 is 12.1 Å². The molecule has 2 aromatic carbocycles. The van der Waals surface area contributed by atoms with Crippen molar-refractivity contribution < 1.29 is 4.79 Å². The standard InChI is InChI=1S/C20H19N3O/c21-14-17-12-7-13-23(17)20(24)19(22)18(15-8-3-1-4-9-15)16-10-5-2-6-11-16/h1-12,17-19H,13,22H2. The van der Waals surface area contributed by atoms with Crippen LogP contribution in [0, 0.1) is 11.3 Å². The Hall–Kier alpha value is -2.90. The highest BCUT2D eigenvalue weighted by atomic mass is 16.2. The van der Waals surface area contributed by atoms with Crippen LogP contribution in [0.25, 0.3) is 0 Å². The second-order valence-corrected chi connectivity index (χ2v) is 5.82. The third-order valence-electron chi connectivity index (χ3n) is 4.33. The van der Waals surface area contributed by atoms with Crippen molar-refractivity contribution in [2.45, 2.75) is 18.0 Å². The lowest BCUT2D eigenvalue weighted by Crippen LogP contribution is -2.49. The molecule has 4 nitrogen and oxygen atoms in total. The second-order valence-electron chi connectivity index (χ2n) is 5.82. The molecule has 1 heterocycles. The molecule has 0 aromatic heterocycles. The maximum absolute atomic E-state index is 12.9. The van der Waals surface area contributed by atoms with Gasteiger partial charge in [0.05, 0.1) is 12.1 Å². The van der Waals surface area contributed by atoms with E-state index in [-0.39, 0.29) is 11.8 Å². The molecule has 0 spiro atoms. The van der Waals surface area contributed by atoms with E-state index in [1.165, 1.54) is 4.90 Å². The van der Waals surface area contributed by atoms with Gasteiger partial charge in [0.2, 0.25) is 5.91 Å². The van der Waals surface area contributed by atoms with Crippen molar-refractivity contribution in [1.29, 1.82) is 5.26 Å². The van der Waals surface area contributed by atoms with Gasteiger partial charge in [-0.2, -0.15) is 5.26 Å². The molecule has 2 atom stereocenters. The molecule has 0 saturated carbocycles. The van der Waals surface area contributed by atoms with Gasteiger partial charge in [0, 0.05) is 12.5 Å². The molecule has 2 unspecified atom stereocenters. The number of carbonyl (C=O) groups excluding carboxylic acids is 1. The quantitative estimate of drug-likeness (QED) is 0.881. The number of hydrogen-bond donors (Lipinski definition) is 1. The molecule has 2 aromatic rings. The number of nitrogens with two attached hydrogens (primary N) is 1. The van der Waals surface area contributed by atoms with E-state index in [0.717, 1.165) is 11.1 Å². The fourth-order valence-corrected chi connectivity index (χ4v) is 3.12. The molecule has 0 radical (unpaired) electrons. The zero-order valence-corrected chi connectivity index (χ0v) is 13.2. The van der Waals surface area contributed by atoms with Crippen LogP contribution in [0.3, 0.4) is 0 Å². The van der Waals surface area contributed by atoms with Crippen LogP contribution in [0.1, 0.15) is 17.0 Å². The normalized spacial score (nSPS) is 17.7. The summed E-state index contributed by atoms with van der Waals surface area (Å²) in [5, 5.41) is 9.20. The van der Waals surface area contributed by atoms with Crippen molar-refractivity contribution in [1.82, 2.24) is 4.90 Å². The van der Waals surface area contributed by atoms with Gasteiger partial charge in [-0.05, 0) is 17.2 Å². The predicted octanol–water partition coefficient (Wildman–Crippen LogP) is 2.44. The molecule has 0 bridgehead atoms. The Bertz CT molecular complexity index is 725. The number of nitrogens with zero attached hydrogens (tertiary/aromatic N) is 2. The summed E-state index contributed by atoms with van der Waals surface area (Å²) in [5.41, 5.74) is 8.38. The smallest absolute Gasteiger partial charge is 0.242 e. The lowest BCUT2D eigenvalue weighted by molar-refractivity contribution is -0.132. The van der Waals surface area contributed by atoms with Gasteiger partial charge in [0.1, 0.15) is 6.04 Å². The average molecular weight is 317 g/mol. The van der Waals surface area contributed by atoms with Gasteiger partial charge >= 0.3 is 0 Å². The van der Waals surface area contributed by atoms with Crippen molar-refractivity contribution in [3.8, 4) is 6.07 Å². The SMILES string of the molecule is N#CC1C=CCN1C(=O)C(N)C(c1ccccc1)c1ccccc1. The summed E-state index contributed by atoms with van der Waals surface area (Å²) >= 11 is 0. The fourth-order valence-electron chi connectivity index (χ4n) is 3.12. The summed E-state index contributed by atoms with van der Waals surface area (Å²) in [6, 6.07) is 20.4. The van der Waals surface area contributed by atoms with E-state index in [9.17, 15) is 10.1 Å². The molecule has 0 aliphatic carbocycles. The topological polar surface area (TPSA) is 70.1 Å². The van der Waals surface area contributed by atoms with E-state index in [4.69, 9.17) is 5.73 Å². The molecule has 2 N–H and O–H groups in total. The number of rotatable bonds is 4. The van der Waals surface area contributed by atoms with Crippen molar-refractivity contribution in [3.05, 3.63) is 83.9 Å². The molecule has 0 fully saturated rings. The molecule has 0 saturated heterocycles. The van der Waals surface area contributed by atoms with Crippen LogP contribution >= 0.6 is 0 Å². The van der Waals surface area contributed by atoms with Crippen molar-refractivity contribution in [2.75, 3.05) is 6.54 Å². The Morgan fingerprint density at radius 2 is 1.62 bits per heavy atom. The summed E-state index contributed by atoms with van der Waals surface area (Å²) in [5.74, 6) is -0.455. The van der Waals surface area contributed by atoms with Gasteiger partial charge in [-0.1, -0.05) is 66.7 Å². The highest BCUT2D eigenvalue weighted by Crippen LogP contribution is 2.28. The van der Waals surface area contributed by atoms with Crippen LogP contribution < -0.4 is 5.73 Å². The molecule has 4 heteroatoms. The Morgan fingerprint density at radius 3 is 2.12 bits per heavy atom. The van der Waals surface area contributed by atoms with Gasteiger partial charge in [0.15, 0.2) is 0 Å². The highest BCUT2D eigenvalue weighted by Gasteiger charge is 2.34. The fraction of sp³-hybridized carbons (Fsp3) is 0.200. The van der Waals surface area contributed by atoms with Crippen molar-refractivity contribution in [2.24, 2.45) is 5.73 Å². The average Bonchev–Trinajstić information content (AvgIpc) is 3.12. The monoisotopic (exact) mass is 317 g/mol. The number of nitriles is 1. The van der Waals surface area contributed by atoms with E-state index in [2.05, 4.69) is 6.07 Å². The Kier molecular flexibility index (Phi) is 4.74. The second kappa shape index (κ2) is 7.12. The van der Waals surface area contributed by atoms with E-state index in [1.807, 2.05) is 66.7 Å². The first-order valence-corrected chi connectivity index (χ1v) is 7.94. The van der Waals surface area contributed by atoms with Gasteiger partial charge in [0.25, 0.3) is 0 Å². The van der Waals surface area contributed by atoms with Crippen LogP contribution in [0.2, 0.25) is 0 Å². The van der Waals surface area contributed by atoms with Crippen molar-refractivity contribution >= 4 is 5.91 Å². The van der Waals surface area contributed by atoms with Crippen LogP contribution in [0.5, 0.6) is 0 Å². The van der Waals surface area contributed by atoms with E-state index in [1.54, 1.807) is 6.08 Å². The molecule has 3 rings (SSSR count). The van der Waals surface area contributed by atoms with Gasteiger partial charge < -0.3 is 10.6 Å². The van der Waals surface area contributed by atoms with Crippen LogP contribution in [-0.4, -0.2) is 29.4 Å². The molecular formula is C20H19N3O. The van der Waals surface area contributed by atoms with Crippen LogP contribution in [-0.2, 0) is 4.79 Å². The Balaban J connectivity index is 1.94. The maximum Gasteiger partial charge on any atom is 0.242 e. The van der Waals surface area contributed by atoms with Gasteiger partial charge in [-0.3, -0.25) is 4.79 Å². The third-order valence-corrected chi connectivity index (χ3v) is 4.33. The van der Waals surface area contributed by atoms with Gasteiger partial charge in [-0.25, -0.2) is 0 Å². The summed E-state index contributed by atoms with van der Waals surface area (Å²) < 4.78 is 0. The third kappa shape index (κ3) is 3.08. The van der Waals surface area contributed by atoms with E-state index in [0.29, 0.717) is 6.54 Å². The first kappa shape index (κ1) is 16.0. The Labute approximate surface area is 141 Å². The molecule has 120 valence electrons. The summed E-state index contributed by atoms with van der Waals surface area (Å²) in [6.07, 6.45) is 3.57. The van der Waals surface area contributed by atoms with Crippen LogP contribution in [0.15, 0.2) is 72.8 Å². The minimum atomic E-state index is -0.745. The molecule has 1 aliphatic rings. The zero-order valence-electron chi connectivity index (χ0n) is 13.2. The number of benzene rings is 2. The lowest BCUT2D eigenvalue weighted by atomic mass is 9.84. The first-order chi connectivity index (χ1) is 11.7. The van der Waals surface area contributed by atoms with Gasteiger partial charge in [-0.15, -0.1) is 0 Å². The summed E-state index contributed by atoms with van der Waals surface area (Å²) in [7, 11) is 0. The zero-order chi connectivity index (χ0) is 16.9. The predicted molar refractivity (Wildman–Crippen MR) is 93.0 cm³/mol. The van der Waals surface area contributed by atoms with E-state index >= 15 is 0 Å². The molecule has 1 amide bonds. The maximum atomic E-state index is 12.9. The molecule has 24 heavy (non-hydrogen) atoms. The number of carbonyl (C=O) groups is 1. The first-order valence-electron chi connectivity index (χ1n) is 7.94. The summed E-state index contributed by atoms with van der Waals surface area (Å²) in [4.78, 5) is 14.4.